The Morgan fingerprint density at radius 1 is 1.16 bits per heavy atom. The van der Waals surface area contributed by atoms with E-state index in [0.29, 0.717) is 10.6 Å². The number of thiophene rings is 1. The van der Waals surface area contributed by atoms with Crippen LogP contribution in [-0.2, 0) is 10.0 Å². The molecule has 1 aromatic carbocycles. The second kappa shape index (κ2) is 5.55. The first-order valence-corrected chi connectivity index (χ1v) is 9.23. The van der Waals surface area contributed by atoms with Gasteiger partial charge in [0.2, 0.25) is 0 Å². The number of anilines is 1. The van der Waals surface area contributed by atoms with E-state index in [2.05, 4.69) is 36.6 Å². The van der Waals surface area contributed by atoms with E-state index in [1.54, 1.807) is 19.1 Å². The fourth-order valence-electron chi connectivity index (χ4n) is 1.60. The fraction of sp³-hybridized carbons (Fsp3) is 0.167. The highest BCUT2D eigenvalue weighted by Crippen LogP contribution is 2.32. The summed E-state index contributed by atoms with van der Waals surface area (Å²) in [4.78, 5) is 1.06. The van der Waals surface area contributed by atoms with E-state index < -0.39 is 10.0 Å². The molecular weight excluding hydrogens is 414 g/mol. The fourth-order valence-corrected chi connectivity index (χ4v) is 5.82. The lowest BCUT2D eigenvalue weighted by atomic mass is 10.2. The van der Waals surface area contributed by atoms with Crippen LogP contribution in [0.2, 0.25) is 0 Å². The molecule has 1 aromatic heterocycles. The molecule has 0 aliphatic rings. The second-order valence-corrected chi connectivity index (χ2v) is 9.20. The SMILES string of the molecule is Cc1ccc(NS(=O)(=O)c2cc(Br)sc2C)c(Br)c1. The minimum Gasteiger partial charge on any atom is -0.278 e. The third-order valence-corrected chi connectivity index (χ3v) is 6.33. The van der Waals surface area contributed by atoms with Crippen LogP contribution in [0.25, 0.3) is 0 Å². The van der Waals surface area contributed by atoms with Crippen molar-refractivity contribution in [2.45, 2.75) is 18.7 Å². The summed E-state index contributed by atoms with van der Waals surface area (Å²) in [5, 5.41) is 0. The van der Waals surface area contributed by atoms with Gasteiger partial charge in [0.15, 0.2) is 0 Å². The molecule has 102 valence electrons. The molecule has 2 aromatic rings. The van der Waals surface area contributed by atoms with E-state index in [1.807, 2.05) is 19.1 Å². The van der Waals surface area contributed by atoms with Gasteiger partial charge in [0.1, 0.15) is 4.90 Å². The second-order valence-electron chi connectivity index (χ2n) is 4.06. The van der Waals surface area contributed by atoms with Crippen LogP contribution in [0, 0.1) is 13.8 Å². The molecule has 0 radical (unpaired) electrons. The maximum Gasteiger partial charge on any atom is 0.263 e. The number of halogens is 2. The first-order valence-electron chi connectivity index (χ1n) is 5.34. The molecule has 0 saturated carbocycles. The van der Waals surface area contributed by atoms with Crippen LogP contribution < -0.4 is 4.72 Å². The molecule has 7 heteroatoms. The summed E-state index contributed by atoms with van der Waals surface area (Å²) in [6.07, 6.45) is 0. The van der Waals surface area contributed by atoms with E-state index in [0.717, 1.165) is 18.7 Å². The maximum atomic E-state index is 12.3. The molecule has 0 atom stereocenters. The Kier molecular flexibility index (Phi) is 4.39. The van der Waals surface area contributed by atoms with Gasteiger partial charge in [0, 0.05) is 9.35 Å². The number of aryl methyl sites for hydroxylation is 2. The summed E-state index contributed by atoms with van der Waals surface area (Å²) in [5.74, 6) is 0. The Morgan fingerprint density at radius 2 is 1.84 bits per heavy atom. The summed E-state index contributed by atoms with van der Waals surface area (Å²) in [6, 6.07) is 7.09. The Morgan fingerprint density at radius 3 is 2.37 bits per heavy atom. The molecular formula is C12H11Br2NO2S2. The summed E-state index contributed by atoms with van der Waals surface area (Å²) in [6.45, 7) is 3.73. The Labute approximate surface area is 133 Å². The quantitative estimate of drug-likeness (QED) is 0.776. The predicted octanol–water partition coefficient (Wildman–Crippen LogP) is 4.69. The molecule has 1 N–H and O–H groups in total. The first kappa shape index (κ1) is 15.0. The van der Waals surface area contributed by atoms with Crippen LogP contribution in [0.5, 0.6) is 0 Å². The van der Waals surface area contributed by atoms with Gasteiger partial charge in [-0.2, -0.15) is 0 Å². The van der Waals surface area contributed by atoms with Gasteiger partial charge in [0.25, 0.3) is 10.0 Å². The van der Waals surface area contributed by atoms with E-state index in [-0.39, 0.29) is 0 Å². The minimum atomic E-state index is -3.56. The molecule has 1 heterocycles. The van der Waals surface area contributed by atoms with Crippen LogP contribution in [0.15, 0.2) is 37.4 Å². The van der Waals surface area contributed by atoms with Crippen molar-refractivity contribution in [1.29, 1.82) is 0 Å². The van der Waals surface area contributed by atoms with Gasteiger partial charge in [-0.25, -0.2) is 8.42 Å². The summed E-state index contributed by atoms with van der Waals surface area (Å²) in [7, 11) is -3.56. The van der Waals surface area contributed by atoms with E-state index >= 15 is 0 Å². The van der Waals surface area contributed by atoms with E-state index in [4.69, 9.17) is 0 Å². The van der Waals surface area contributed by atoms with Gasteiger partial charge in [-0.15, -0.1) is 11.3 Å². The van der Waals surface area contributed by atoms with Crippen molar-refractivity contribution in [3.05, 3.63) is 43.0 Å². The monoisotopic (exact) mass is 423 g/mol. The largest absolute Gasteiger partial charge is 0.278 e. The van der Waals surface area contributed by atoms with Crippen molar-refractivity contribution in [3.63, 3.8) is 0 Å². The van der Waals surface area contributed by atoms with Gasteiger partial charge in [0.05, 0.1) is 9.47 Å². The Bertz CT molecular complexity index is 723. The van der Waals surface area contributed by atoms with Crippen molar-refractivity contribution in [3.8, 4) is 0 Å². The summed E-state index contributed by atoms with van der Waals surface area (Å²) in [5.41, 5.74) is 1.59. The van der Waals surface area contributed by atoms with Crippen molar-refractivity contribution in [1.82, 2.24) is 0 Å². The van der Waals surface area contributed by atoms with Crippen molar-refractivity contribution >= 4 is 58.9 Å². The lowest BCUT2D eigenvalue weighted by Gasteiger charge is -2.10. The highest BCUT2D eigenvalue weighted by atomic mass is 79.9. The average molecular weight is 425 g/mol. The zero-order valence-corrected chi connectivity index (χ0v) is 15.0. The highest BCUT2D eigenvalue weighted by Gasteiger charge is 2.20. The zero-order chi connectivity index (χ0) is 14.2. The lowest BCUT2D eigenvalue weighted by molar-refractivity contribution is 0.601. The molecule has 3 nitrogen and oxygen atoms in total. The van der Waals surface area contributed by atoms with E-state index in [9.17, 15) is 8.42 Å². The van der Waals surface area contributed by atoms with Gasteiger partial charge in [-0.3, -0.25) is 4.72 Å². The van der Waals surface area contributed by atoms with Crippen LogP contribution in [-0.4, -0.2) is 8.42 Å². The third-order valence-electron chi connectivity index (χ3n) is 2.50. The molecule has 0 aliphatic heterocycles. The van der Waals surface area contributed by atoms with E-state index in [1.165, 1.54) is 11.3 Å². The number of sulfonamides is 1. The minimum absolute atomic E-state index is 0.303. The molecule has 0 spiro atoms. The van der Waals surface area contributed by atoms with Crippen LogP contribution in [0.4, 0.5) is 5.69 Å². The Balaban J connectivity index is 2.39. The molecule has 0 amide bonds. The van der Waals surface area contributed by atoms with Crippen molar-refractivity contribution < 1.29 is 8.42 Å². The van der Waals surface area contributed by atoms with Crippen LogP contribution in [0.1, 0.15) is 10.4 Å². The van der Waals surface area contributed by atoms with Gasteiger partial charge in [-0.05, 0) is 69.5 Å². The molecule has 0 unspecified atom stereocenters. The number of hydrogen-bond acceptors (Lipinski definition) is 3. The number of nitrogens with one attached hydrogen (secondary N) is 1. The molecule has 0 fully saturated rings. The highest BCUT2D eigenvalue weighted by molar-refractivity contribution is 9.11. The maximum absolute atomic E-state index is 12.3. The molecule has 2 rings (SSSR count). The smallest absolute Gasteiger partial charge is 0.263 e. The predicted molar refractivity (Wildman–Crippen MR) is 86.4 cm³/mol. The summed E-state index contributed by atoms with van der Waals surface area (Å²) < 4.78 is 28.8. The van der Waals surface area contributed by atoms with Crippen LogP contribution >= 0.6 is 43.2 Å². The normalized spacial score (nSPS) is 11.6. The number of rotatable bonds is 3. The Hall–Kier alpha value is -0.370. The first-order chi connectivity index (χ1) is 8.79. The van der Waals surface area contributed by atoms with Crippen molar-refractivity contribution in [2.24, 2.45) is 0 Å². The van der Waals surface area contributed by atoms with Gasteiger partial charge >= 0.3 is 0 Å². The number of benzene rings is 1. The number of hydrogen-bond donors (Lipinski definition) is 1. The topological polar surface area (TPSA) is 46.2 Å². The zero-order valence-electron chi connectivity index (χ0n) is 10.2. The van der Waals surface area contributed by atoms with Crippen molar-refractivity contribution in [2.75, 3.05) is 4.72 Å². The van der Waals surface area contributed by atoms with Gasteiger partial charge in [-0.1, -0.05) is 6.07 Å². The average Bonchev–Trinajstić information content (AvgIpc) is 2.63. The molecule has 19 heavy (non-hydrogen) atoms. The summed E-state index contributed by atoms with van der Waals surface area (Å²) >= 11 is 8.06. The molecule has 0 saturated heterocycles. The lowest BCUT2D eigenvalue weighted by Crippen LogP contribution is -2.13. The third kappa shape index (κ3) is 3.39. The van der Waals surface area contributed by atoms with Crippen LogP contribution in [0.3, 0.4) is 0 Å². The standard InChI is InChI=1S/C12H11Br2NO2S2/c1-7-3-4-10(9(13)5-7)15-19(16,17)11-6-12(14)18-8(11)2/h3-6,15H,1-2H3. The molecule has 0 bridgehead atoms. The molecule has 0 aliphatic carbocycles. The van der Waals surface area contributed by atoms with Gasteiger partial charge < -0.3 is 0 Å².